The number of aromatic nitrogens is 2. The van der Waals surface area contributed by atoms with Gasteiger partial charge in [-0.2, -0.15) is 0 Å². The van der Waals surface area contributed by atoms with Gasteiger partial charge in [-0.15, -0.1) is 0 Å². The Morgan fingerprint density at radius 2 is 1.79 bits per heavy atom. The topological polar surface area (TPSA) is 76.1 Å². The largest absolute Gasteiger partial charge is 0.382 e. The summed E-state index contributed by atoms with van der Waals surface area (Å²) in [7, 11) is 0. The second kappa shape index (κ2) is 10.3. The molecular weight excluding hydrogens is 364 g/mol. The number of ether oxygens (including phenoxy) is 1. The maximum atomic E-state index is 12.2. The summed E-state index contributed by atoms with van der Waals surface area (Å²) in [6, 6.07) is 17.4. The Balaban J connectivity index is 1.59. The number of benzene rings is 2. The van der Waals surface area contributed by atoms with E-state index in [2.05, 4.69) is 39.7 Å². The summed E-state index contributed by atoms with van der Waals surface area (Å²) in [6.07, 6.45) is 2.35. The molecule has 6 heteroatoms. The highest BCUT2D eigenvalue weighted by molar-refractivity contribution is 5.94. The molecular formula is C23H26N4O2. The number of nitrogens with one attached hydrogen (secondary N) is 2. The molecule has 29 heavy (non-hydrogen) atoms. The minimum atomic E-state index is -0.0864. The predicted molar refractivity (Wildman–Crippen MR) is 115 cm³/mol. The number of hydrogen-bond acceptors (Lipinski definition) is 5. The number of carbonyl (C=O) groups is 1. The van der Waals surface area contributed by atoms with E-state index in [0.717, 1.165) is 23.4 Å². The zero-order chi connectivity index (χ0) is 20.5. The molecule has 0 bridgehead atoms. The van der Waals surface area contributed by atoms with E-state index in [-0.39, 0.29) is 5.91 Å². The molecule has 0 atom stereocenters. The van der Waals surface area contributed by atoms with Crippen LogP contribution in [0.15, 0.2) is 60.9 Å². The van der Waals surface area contributed by atoms with Crippen molar-refractivity contribution >= 4 is 17.4 Å². The number of rotatable bonds is 9. The van der Waals surface area contributed by atoms with Gasteiger partial charge in [0, 0.05) is 42.6 Å². The van der Waals surface area contributed by atoms with Crippen LogP contribution in [0.2, 0.25) is 0 Å². The summed E-state index contributed by atoms with van der Waals surface area (Å²) in [5, 5.41) is 6.16. The van der Waals surface area contributed by atoms with E-state index >= 15 is 0 Å². The molecule has 0 aliphatic heterocycles. The van der Waals surface area contributed by atoms with Gasteiger partial charge in [-0.25, -0.2) is 9.97 Å². The fourth-order valence-corrected chi connectivity index (χ4v) is 2.78. The molecule has 0 aliphatic carbocycles. The van der Waals surface area contributed by atoms with Crippen LogP contribution in [0.25, 0.3) is 11.3 Å². The van der Waals surface area contributed by atoms with Crippen molar-refractivity contribution in [3.8, 4) is 11.3 Å². The average molecular weight is 390 g/mol. The Morgan fingerprint density at radius 1 is 1.03 bits per heavy atom. The van der Waals surface area contributed by atoms with Crippen LogP contribution in [0.3, 0.4) is 0 Å². The van der Waals surface area contributed by atoms with E-state index in [4.69, 9.17) is 4.74 Å². The number of carbonyl (C=O) groups excluding carboxylic acids is 1. The summed E-state index contributed by atoms with van der Waals surface area (Å²) < 4.78 is 5.27. The number of hydrogen-bond donors (Lipinski definition) is 2. The monoisotopic (exact) mass is 390 g/mol. The van der Waals surface area contributed by atoms with Gasteiger partial charge in [0.1, 0.15) is 12.1 Å². The number of aryl methyl sites for hydroxylation is 1. The molecule has 0 aliphatic rings. The van der Waals surface area contributed by atoms with Crippen LogP contribution < -0.4 is 10.6 Å². The van der Waals surface area contributed by atoms with Crippen molar-refractivity contribution in [3.05, 3.63) is 72.1 Å². The molecule has 6 nitrogen and oxygen atoms in total. The number of nitrogens with zero attached hydrogens (tertiary/aromatic N) is 2. The van der Waals surface area contributed by atoms with Crippen molar-refractivity contribution in [3.63, 3.8) is 0 Å². The van der Waals surface area contributed by atoms with Crippen LogP contribution in [0, 0.1) is 6.92 Å². The molecule has 0 fully saturated rings. The highest BCUT2D eigenvalue weighted by atomic mass is 16.5. The van der Waals surface area contributed by atoms with E-state index < -0.39 is 0 Å². The Hall–Kier alpha value is -3.25. The van der Waals surface area contributed by atoms with E-state index in [9.17, 15) is 4.79 Å². The van der Waals surface area contributed by atoms with Gasteiger partial charge in [0.2, 0.25) is 0 Å². The predicted octanol–water partition coefficient (Wildman–Crippen LogP) is 4.35. The van der Waals surface area contributed by atoms with Crippen LogP contribution >= 0.6 is 0 Å². The second-order valence-electron chi connectivity index (χ2n) is 6.66. The maximum Gasteiger partial charge on any atom is 0.251 e. The molecule has 0 saturated heterocycles. The van der Waals surface area contributed by atoms with Gasteiger partial charge < -0.3 is 15.4 Å². The molecule has 1 aromatic heterocycles. The summed E-state index contributed by atoms with van der Waals surface area (Å²) in [5.41, 5.74) is 4.57. The lowest BCUT2D eigenvalue weighted by molar-refractivity contribution is 0.0944. The van der Waals surface area contributed by atoms with Crippen LogP contribution in [0.1, 0.15) is 29.3 Å². The van der Waals surface area contributed by atoms with E-state index in [1.807, 2.05) is 37.3 Å². The summed E-state index contributed by atoms with van der Waals surface area (Å²) in [4.78, 5) is 20.8. The fraction of sp³-hybridized carbons (Fsp3) is 0.261. The van der Waals surface area contributed by atoms with Gasteiger partial charge in [-0.3, -0.25) is 4.79 Å². The molecule has 0 radical (unpaired) electrons. The molecule has 2 N–H and O–H groups in total. The lowest BCUT2D eigenvalue weighted by Crippen LogP contribution is -2.25. The molecule has 0 unspecified atom stereocenters. The van der Waals surface area contributed by atoms with Crippen molar-refractivity contribution in [2.24, 2.45) is 0 Å². The smallest absolute Gasteiger partial charge is 0.251 e. The third-order valence-corrected chi connectivity index (χ3v) is 4.39. The van der Waals surface area contributed by atoms with Crippen LogP contribution in [0.4, 0.5) is 11.5 Å². The van der Waals surface area contributed by atoms with Gasteiger partial charge in [0.15, 0.2) is 0 Å². The van der Waals surface area contributed by atoms with Gasteiger partial charge in [0.05, 0.1) is 5.69 Å². The Labute approximate surface area is 171 Å². The minimum absolute atomic E-state index is 0.0864. The summed E-state index contributed by atoms with van der Waals surface area (Å²) >= 11 is 0. The normalized spacial score (nSPS) is 10.6. The molecule has 3 rings (SSSR count). The SMILES string of the molecule is CCOCCCNC(=O)c1ccc(Nc2cc(-c3ccc(C)cc3)ncn2)cc1. The first kappa shape index (κ1) is 20.5. The molecule has 3 aromatic rings. The zero-order valence-corrected chi connectivity index (χ0v) is 16.8. The molecule has 1 amide bonds. The van der Waals surface area contributed by atoms with E-state index in [0.29, 0.717) is 31.1 Å². The van der Waals surface area contributed by atoms with Crippen molar-refractivity contribution in [1.82, 2.24) is 15.3 Å². The summed E-state index contributed by atoms with van der Waals surface area (Å²) in [6.45, 7) is 5.96. The number of anilines is 2. The fourth-order valence-electron chi connectivity index (χ4n) is 2.78. The standard InChI is InChI=1S/C23H26N4O2/c1-3-29-14-4-13-24-23(28)19-9-11-20(12-10-19)27-22-15-21(25-16-26-22)18-7-5-17(2)6-8-18/h5-12,15-16H,3-4,13-14H2,1-2H3,(H,24,28)(H,25,26,27). The van der Waals surface area contributed by atoms with Crippen molar-refractivity contribution in [1.29, 1.82) is 0 Å². The molecule has 1 heterocycles. The van der Waals surface area contributed by atoms with Gasteiger partial charge >= 0.3 is 0 Å². The molecule has 150 valence electrons. The minimum Gasteiger partial charge on any atom is -0.382 e. The lowest BCUT2D eigenvalue weighted by Gasteiger charge is -2.09. The molecule has 2 aromatic carbocycles. The first-order chi connectivity index (χ1) is 14.2. The lowest BCUT2D eigenvalue weighted by atomic mass is 10.1. The van der Waals surface area contributed by atoms with E-state index in [1.54, 1.807) is 18.5 Å². The van der Waals surface area contributed by atoms with Gasteiger partial charge in [-0.05, 0) is 44.5 Å². The van der Waals surface area contributed by atoms with Crippen molar-refractivity contribution < 1.29 is 9.53 Å². The highest BCUT2D eigenvalue weighted by Gasteiger charge is 2.06. The third kappa shape index (κ3) is 6.12. The summed E-state index contributed by atoms with van der Waals surface area (Å²) in [5.74, 6) is 0.612. The van der Waals surface area contributed by atoms with Crippen LogP contribution in [-0.4, -0.2) is 35.6 Å². The van der Waals surface area contributed by atoms with Gasteiger partial charge in [0.25, 0.3) is 5.91 Å². The molecule has 0 saturated carbocycles. The quantitative estimate of drug-likeness (QED) is 0.531. The van der Waals surface area contributed by atoms with Gasteiger partial charge in [-0.1, -0.05) is 29.8 Å². The second-order valence-corrected chi connectivity index (χ2v) is 6.66. The third-order valence-electron chi connectivity index (χ3n) is 4.39. The average Bonchev–Trinajstić information content (AvgIpc) is 2.75. The van der Waals surface area contributed by atoms with Crippen molar-refractivity contribution in [2.75, 3.05) is 25.1 Å². The Kier molecular flexibility index (Phi) is 7.30. The van der Waals surface area contributed by atoms with Crippen LogP contribution in [0.5, 0.6) is 0 Å². The van der Waals surface area contributed by atoms with Crippen molar-refractivity contribution in [2.45, 2.75) is 20.3 Å². The first-order valence-electron chi connectivity index (χ1n) is 9.78. The Morgan fingerprint density at radius 3 is 2.52 bits per heavy atom. The molecule has 0 spiro atoms. The Bertz CT molecular complexity index is 924. The first-order valence-corrected chi connectivity index (χ1v) is 9.78. The number of amides is 1. The van der Waals surface area contributed by atoms with Crippen LogP contribution in [-0.2, 0) is 4.74 Å². The zero-order valence-electron chi connectivity index (χ0n) is 16.8. The maximum absolute atomic E-state index is 12.2. The van der Waals surface area contributed by atoms with E-state index in [1.165, 1.54) is 5.56 Å². The highest BCUT2D eigenvalue weighted by Crippen LogP contribution is 2.21.